The number of carbonyl (C=O) groups excluding carboxylic acids is 4. The number of carbonyl (C=O) groups is 4. The number of hydrogen-bond acceptors (Lipinski definition) is 6. The molecule has 7 nitrogen and oxygen atoms in total. The first-order chi connectivity index (χ1) is 15.3. The fourth-order valence-electron chi connectivity index (χ4n) is 3.78. The molecule has 8 heteroatoms. The number of ketones is 1. The van der Waals surface area contributed by atoms with Crippen LogP contribution in [-0.4, -0.2) is 49.2 Å². The number of esters is 1. The molecule has 1 unspecified atom stereocenters. The molecule has 1 saturated heterocycles. The van der Waals surface area contributed by atoms with E-state index in [4.69, 9.17) is 21.1 Å². The van der Waals surface area contributed by atoms with Crippen LogP contribution in [-0.2, 0) is 32.0 Å². The Balaban J connectivity index is 1.80. The van der Waals surface area contributed by atoms with E-state index in [1.165, 1.54) is 14.2 Å². The van der Waals surface area contributed by atoms with Gasteiger partial charge in [0.25, 0.3) is 0 Å². The normalized spacial score (nSPS) is 16.5. The number of nitrogens with zero attached hydrogens (tertiary/aromatic N) is 1. The summed E-state index contributed by atoms with van der Waals surface area (Å²) in [5.74, 6) is -1.54. The van der Waals surface area contributed by atoms with Gasteiger partial charge in [-0.1, -0.05) is 23.7 Å². The van der Waals surface area contributed by atoms with Gasteiger partial charge in [0.15, 0.2) is 5.78 Å². The molecule has 0 aliphatic carbocycles. The molecule has 2 aromatic carbocycles. The maximum absolute atomic E-state index is 13.2. The predicted octanol–water partition coefficient (Wildman–Crippen LogP) is 3.25. The van der Waals surface area contributed by atoms with E-state index in [0.717, 1.165) is 10.5 Å². The summed E-state index contributed by atoms with van der Waals surface area (Å²) in [7, 11) is 2.81. The van der Waals surface area contributed by atoms with Crippen LogP contribution in [0.2, 0.25) is 5.02 Å². The number of imide groups is 1. The van der Waals surface area contributed by atoms with Gasteiger partial charge in [0, 0.05) is 17.4 Å². The van der Waals surface area contributed by atoms with Gasteiger partial charge in [0.05, 0.1) is 32.7 Å². The smallest absolute Gasteiger partial charge is 0.337 e. The lowest BCUT2D eigenvalue weighted by atomic mass is 9.93. The van der Waals surface area contributed by atoms with Crippen LogP contribution in [0.1, 0.15) is 34.3 Å². The van der Waals surface area contributed by atoms with Gasteiger partial charge in [-0.25, -0.2) is 4.79 Å². The lowest BCUT2D eigenvalue weighted by molar-refractivity contribution is -0.148. The van der Waals surface area contributed by atoms with Crippen molar-refractivity contribution in [2.24, 2.45) is 5.92 Å². The number of halogens is 1. The number of amides is 2. The van der Waals surface area contributed by atoms with Gasteiger partial charge in [-0.3, -0.25) is 19.3 Å². The highest BCUT2D eigenvalue weighted by Crippen LogP contribution is 2.29. The first-order valence-electron chi connectivity index (χ1n) is 10.2. The van der Waals surface area contributed by atoms with E-state index >= 15 is 0 Å². The summed E-state index contributed by atoms with van der Waals surface area (Å²) in [5.41, 5.74) is 1.60. The van der Waals surface area contributed by atoms with E-state index in [2.05, 4.69) is 0 Å². The van der Waals surface area contributed by atoms with Crippen molar-refractivity contribution in [1.82, 2.24) is 4.90 Å². The SMILES string of the molecule is COC(=O)c1cccc(CC(=O)N2CC(=O)CCC(Cc3cc(Cl)ccc3OC)C2=O)c1. The molecule has 0 radical (unpaired) electrons. The van der Waals surface area contributed by atoms with Crippen molar-refractivity contribution in [2.45, 2.75) is 25.7 Å². The summed E-state index contributed by atoms with van der Waals surface area (Å²) in [6.45, 7) is -0.252. The molecular weight excluding hydrogens is 434 g/mol. The van der Waals surface area contributed by atoms with Crippen LogP contribution in [0.25, 0.3) is 0 Å². The van der Waals surface area contributed by atoms with Crippen LogP contribution in [0.5, 0.6) is 5.75 Å². The van der Waals surface area contributed by atoms with E-state index in [9.17, 15) is 19.2 Å². The molecule has 2 amide bonds. The summed E-state index contributed by atoms with van der Waals surface area (Å²) in [6.07, 6.45) is 0.740. The third-order valence-corrected chi connectivity index (χ3v) is 5.67. The Morgan fingerprint density at radius 1 is 1.12 bits per heavy atom. The Kier molecular flexibility index (Phi) is 7.64. The zero-order valence-corrected chi connectivity index (χ0v) is 18.7. The van der Waals surface area contributed by atoms with Crippen molar-refractivity contribution in [1.29, 1.82) is 0 Å². The maximum Gasteiger partial charge on any atom is 0.337 e. The Morgan fingerprint density at radius 2 is 1.91 bits per heavy atom. The first-order valence-corrected chi connectivity index (χ1v) is 10.6. The zero-order valence-electron chi connectivity index (χ0n) is 17.9. The molecule has 168 valence electrons. The van der Waals surface area contributed by atoms with E-state index in [-0.39, 0.29) is 25.2 Å². The van der Waals surface area contributed by atoms with Gasteiger partial charge in [-0.05, 0) is 54.3 Å². The number of ether oxygens (including phenoxy) is 2. The summed E-state index contributed by atoms with van der Waals surface area (Å²) in [6, 6.07) is 11.6. The number of hydrogen-bond donors (Lipinski definition) is 0. The largest absolute Gasteiger partial charge is 0.496 e. The highest BCUT2D eigenvalue weighted by atomic mass is 35.5. The molecule has 3 rings (SSSR count). The second-order valence-corrected chi connectivity index (χ2v) is 8.06. The minimum Gasteiger partial charge on any atom is -0.496 e. The molecule has 2 aromatic rings. The van der Waals surface area contributed by atoms with Crippen LogP contribution in [0, 0.1) is 5.92 Å². The molecule has 0 bridgehead atoms. The maximum atomic E-state index is 13.2. The molecule has 1 aliphatic heterocycles. The molecule has 0 saturated carbocycles. The Hall–Kier alpha value is -3.19. The van der Waals surface area contributed by atoms with E-state index in [0.29, 0.717) is 34.7 Å². The molecular formula is C24H24ClNO6. The fourth-order valence-corrected chi connectivity index (χ4v) is 3.98. The molecule has 0 aromatic heterocycles. The molecule has 0 spiro atoms. The topological polar surface area (TPSA) is 90.0 Å². The number of rotatable bonds is 6. The van der Waals surface area contributed by atoms with E-state index in [1.54, 1.807) is 42.5 Å². The van der Waals surface area contributed by atoms with Crippen LogP contribution >= 0.6 is 11.6 Å². The predicted molar refractivity (Wildman–Crippen MR) is 118 cm³/mol. The third kappa shape index (κ3) is 5.53. The Morgan fingerprint density at radius 3 is 2.62 bits per heavy atom. The highest BCUT2D eigenvalue weighted by molar-refractivity contribution is 6.30. The second-order valence-electron chi connectivity index (χ2n) is 7.62. The average molecular weight is 458 g/mol. The molecule has 1 aliphatic rings. The van der Waals surface area contributed by atoms with E-state index < -0.39 is 23.7 Å². The van der Waals surface area contributed by atoms with Gasteiger partial charge >= 0.3 is 5.97 Å². The van der Waals surface area contributed by atoms with Gasteiger partial charge in [-0.2, -0.15) is 0 Å². The van der Waals surface area contributed by atoms with Gasteiger partial charge in [0.2, 0.25) is 11.8 Å². The minimum absolute atomic E-state index is 0.114. The van der Waals surface area contributed by atoms with Crippen LogP contribution < -0.4 is 4.74 Å². The molecule has 0 N–H and O–H groups in total. The van der Waals surface area contributed by atoms with Crippen LogP contribution in [0.15, 0.2) is 42.5 Å². The lowest BCUT2D eigenvalue weighted by Crippen LogP contribution is -2.42. The van der Waals surface area contributed by atoms with Gasteiger partial charge < -0.3 is 9.47 Å². The van der Waals surface area contributed by atoms with Crippen molar-refractivity contribution < 1.29 is 28.7 Å². The van der Waals surface area contributed by atoms with Crippen molar-refractivity contribution in [3.8, 4) is 5.75 Å². The average Bonchev–Trinajstić information content (AvgIpc) is 2.92. The highest BCUT2D eigenvalue weighted by Gasteiger charge is 2.34. The Labute approximate surface area is 191 Å². The quantitative estimate of drug-likeness (QED) is 0.618. The van der Waals surface area contributed by atoms with Crippen molar-refractivity contribution >= 4 is 35.2 Å². The fraction of sp³-hybridized carbons (Fsp3) is 0.333. The van der Waals surface area contributed by atoms with E-state index in [1.807, 2.05) is 0 Å². The summed E-state index contributed by atoms with van der Waals surface area (Å²) in [4.78, 5) is 51.3. The standard InChI is InChI=1S/C24H24ClNO6/c1-31-21-9-7-19(25)13-18(21)12-16-6-8-20(27)14-26(23(16)29)22(28)11-15-4-3-5-17(10-15)24(30)32-2/h3-5,7,9-10,13,16H,6,8,11-12,14H2,1-2H3. The summed E-state index contributed by atoms with van der Waals surface area (Å²) >= 11 is 6.11. The number of Topliss-reactive ketones (excluding diaryl/α,β-unsaturated/α-hetero) is 1. The molecule has 1 fully saturated rings. The molecule has 32 heavy (non-hydrogen) atoms. The summed E-state index contributed by atoms with van der Waals surface area (Å²) in [5, 5.41) is 0.511. The molecule has 1 heterocycles. The van der Waals surface area contributed by atoms with Crippen LogP contribution in [0.4, 0.5) is 0 Å². The van der Waals surface area contributed by atoms with Crippen LogP contribution in [0.3, 0.4) is 0 Å². The monoisotopic (exact) mass is 457 g/mol. The Bertz CT molecular complexity index is 1050. The summed E-state index contributed by atoms with van der Waals surface area (Å²) < 4.78 is 10.1. The first kappa shape index (κ1) is 23.5. The van der Waals surface area contributed by atoms with Gasteiger partial charge in [-0.15, -0.1) is 0 Å². The zero-order chi connectivity index (χ0) is 23.3. The lowest BCUT2D eigenvalue weighted by Gasteiger charge is -2.23. The number of benzene rings is 2. The van der Waals surface area contributed by atoms with Gasteiger partial charge in [0.1, 0.15) is 5.75 Å². The van der Waals surface area contributed by atoms with Crippen molar-refractivity contribution in [3.05, 3.63) is 64.2 Å². The van der Waals surface area contributed by atoms with Crippen molar-refractivity contribution in [2.75, 3.05) is 20.8 Å². The second kappa shape index (κ2) is 10.4. The molecule has 1 atom stereocenters. The number of likely N-dealkylation sites (tertiary alicyclic amines) is 1. The number of methoxy groups -OCH3 is 2. The third-order valence-electron chi connectivity index (χ3n) is 5.43. The minimum atomic E-state index is -0.556. The van der Waals surface area contributed by atoms with Crippen molar-refractivity contribution in [3.63, 3.8) is 0 Å².